The fourth-order valence-corrected chi connectivity index (χ4v) is 4.74. The lowest BCUT2D eigenvalue weighted by Gasteiger charge is -2.36. The molecule has 2 amide bonds. The fourth-order valence-electron chi connectivity index (χ4n) is 4.74. The first kappa shape index (κ1) is 21.9. The predicted octanol–water partition coefficient (Wildman–Crippen LogP) is 3.85. The van der Waals surface area contributed by atoms with E-state index in [2.05, 4.69) is 15.6 Å². The molecule has 0 bridgehead atoms. The zero-order valence-corrected chi connectivity index (χ0v) is 18.8. The number of nitrogens with zero attached hydrogens (tertiary/aromatic N) is 4. The van der Waals surface area contributed by atoms with Crippen LogP contribution in [0.3, 0.4) is 0 Å². The van der Waals surface area contributed by atoms with Gasteiger partial charge in [0.15, 0.2) is 0 Å². The van der Waals surface area contributed by atoms with Crippen molar-refractivity contribution < 1.29 is 14.0 Å². The molecule has 174 valence electrons. The Morgan fingerprint density at radius 3 is 2.56 bits per heavy atom. The van der Waals surface area contributed by atoms with Gasteiger partial charge in [0.2, 0.25) is 11.8 Å². The highest BCUT2D eigenvalue weighted by Crippen LogP contribution is 2.32. The van der Waals surface area contributed by atoms with E-state index in [1.807, 2.05) is 60.7 Å². The summed E-state index contributed by atoms with van der Waals surface area (Å²) in [6.07, 6.45) is 5.40. The molecule has 1 atom stereocenters. The number of hydrogen-bond donors (Lipinski definition) is 1. The maximum absolute atomic E-state index is 13.8. The standard InChI is InChI=1S/C26H27N5O3/c32-24(18-30-23-15-7-6-14-22(23)28-29-30)31(20-11-4-5-12-20)25(19-9-2-1-3-10-19)26(33)27-17-21-13-8-16-34-21/h1-3,6-10,13-16,20,25H,4-5,11-12,17-18H2,(H,27,33)/t25-/m1/s1. The number of carbonyl (C=O) groups is 2. The van der Waals surface area contributed by atoms with Gasteiger partial charge < -0.3 is 14.6 Å². The highest BCUT2D eigenvalue weighted by molar-refractivity contribution is 5.89. The van der Waals surface area contributed by atoms with E-state index in [-0.39, 0.29) is 30.9 Å². The molecule has 0 aliphatic heterocycles. The highest BCUT2D eigenvalue weighted by Gasteiger charge is 2.37. The third-order valence-corrected chi connectivity index (χ3v) is 6.37. The van der Waals surface area contributed by atoms with Crippen LogP contribution in [0.4, 0.5) is 0 Å². The second-order valence-electron chi connectivity index (χ2n) is 8.59. The van der Waals surface area contributed by atoms with Crippen LogP contribution in [0.5, 0.6) is 0 Å². The average molecular weight is 458 g/mol. The third kappa shape index (κ3) is 4.57. The molecule has 5 rings (SSSR count). The van der Waals surface area contributed by atoms with Crippen molar-refractivity contribution in [3.05, 3.63) is 84.3 Å². The minimum Gasteiger partial charge on any atom is -0.467 e. The van der Waals surface area contributed by atoms with Gasteiger partial charge in [0.1, 0.15) is 23.9 Å². The second-order valence-corrected chi connectivity index (χ2v) is 8.59. The smallest absolute Gasteiger partial charge is 0.247 e. The van der Waals surface area contributed by atoms with Crippen molar-refractivity contribution in [3.63, 3.8) is 0 Å². The van der Waals surface area contributed by atoms with E-state index in [0.717, 1.165) is 42.3 Å². The SMILES string of the molecule is O=C(NCc1ccco1)[C@@H](c1ccccc1)N(C(=O)Cn1nnc2ccccc21)C1CCCC1. The summed E-state index contributed by atoms with van der Waals surface area (Å²) in [7, 11) is 0. The summed E-state index contributed by atoms with van der Waals surface area (Å²) in [5, 5.41) is 11.3. The largest absolute Gasteiger partial charge is 0.467 e. The maximum atomic E-state index is 13.8. The number of nitrogens with one attached hydrogen (secondary N) is 1. The number of amides is 2. The van der Waals surface area contributed by atoms with Gasteiger partial charge >= 0.3 is 0 Å². The van der Waals surface area contributed by atoms with Gasteiger partial charge in [-0.3, -0.25) is 9.59 Å². The van der Waals surface area contributed by atoms with Crippen LogP contribution in [0.25, 0.3) is 11.0 Å². The molecule has 1 saturated carbocycles. The van der Waals surface area contributed by atoms with E-state index in [0.29, 0.717) is 5.76 Å². The van der Waals surface area contributed by atoms with Gasteiger partial charge in [-0.1, -0.05) is 60.5 Å². The van der Waals surface area contributed by atoms with Crippen molar-refractivity contribution in [1.29, 1.82) is 0 Å². The van der Waals surface area contributed by atoms with Gasteiger partial charge in [0, 0.05) is 6.04 Å². The normalized spacial score (nSPS) is 14.8. The summed E-state index contributed by atoms with van der Waals surface area (Å²) in [5.41, 5.74) is 2.31. The number of furan rings is 1. The topological polar surface area (TPSA) is 93.3 Å². The Balaban J connectivity index is 1.47. The van der Waals surface area contributed by atoms with Gasteiger partial charge in [-0.25, -0.2) is 4.68 Å². The zero-order valence-electron chi connectivity index (χ0n) is 18.8. The molecule has 0 saturated heterocycles. The van der Waals surface area contributed by atoms with Gasteiger partial charge in [-0.2, -0.15) is 0 Å². The lowest BCUT2D eigenvalue weighted by Crippen LogP contribution is -2.49. The zero-order chi connectivity index (χ0) is 23.3. The monoisotopic (exact) mass is 457 g/mol. The maximum Gasteiger partial charge on any atom is 0.247 e. The highest BCUT2D eigenvalue weighted by atomic mass is 16.3. The molecule has 0 unspecified atom stereocenters. The Morgan fingerprint density at radius 1 is 1.03 bits per heavy atom. The number of fused-ring (bicyclic) bond motifs is 1. The molecule has 8 heteroatoms. The van der Waals surface area contributed by atoms with Crippen molar-refractivity contribution in [2.24, 2.45) is 0 Å². The summed E-state index contributed by atoms with van der Waals surface area (Å²) in [4.78, 5) is 29.2. The van der Waals surface area contributed by atoms with Crippen molar-refractivity contribution in [3.8, 4) is 0 Å². The minimum atomic E-state index is -0.749. The molecule has 1 fully saturated rings. The molecule has 0 radical (unpaired) electrons. The predicted molar refractivity (Wildman–Crippen MR) is 126 cm³/mol. The van der Waals surface area contributed by atoms with Crippen LogP contribution in [0.15, 0.2) is 77.4 Å². The van der Waals surface area contributed by atoms with Crippen LogP contribution < -0.4 is 5.32 Å². The molecule has 4 aromatic rings. The number of hydrogen-bond acceptors (Lipinski definition) is 5. The average Bonchev–Trinajstić information content (AvgIpc) is 3.64. The fraction of sp³-hybridized carbons (Fsp3) is 0.308. The lowest BCUT2D eigenvalue weighted by molar-refractivity contribution is -0.144. The first-order valence-electron chi connectivity index (χ1n) is 11.6. The molecule has 2 aromatic carbocycles. The summed E-state index contributed by atoms with van der Waals surface area (Å²) < 4.78 is 6.99. The molecule has 34 heavy (non-hydrogen) atoms. The number of para-hydroxylation sites is 1. The van der Waals surface area contributed by atoms with Crippen molar-refractivity contribution in [2.75, 3.05) is 0 Å². The molecule has 0 spiro atoms. The molecular weight excluding hydrogens is 430 g/mol. The van der Waals surface area contributed by atoms with E-state index < -0.39 is 6.04 Å². The van der Waals surface area contributed by atoms with Crippen LogP contribution in [-0.2, 0) is 22.7 Å². The van der Waals surface area contributed by atoms with E-state index in [1.54, 1.807) is 21.9 Å². The van der Waals surface area contributed by atoms with Crippen LogP contribution in [0.2, 0.25) is 0 Å². The van der Waals surface area contributed by atoms with E-state index in [4.69, 9.17) is 4.42 Å². The quantitative estimate of drug-likeness (QED) is 0.434. The number of benzene rings is 2. The van der Waals surface area contributed by atoms with Crippen LogP contribution >= 0.6 is 0 Å². The Bertz CT molecular complexity index is 1250. The van der Waals surface area contributed by atoms with Gasteiger partial charge in [0.05, 0.1) is 18.3 Å². The number of rotatable bonds is 8. The number of carbonyl (C=O) groups excluding carboxylic acids is 2. The van der Waals surface area contributed by atoms with Gasteiger partial charge in [0.25, 0.3) is 0 Å². The summed E-state index contributed by atoms with van der Waals surface area (Å²) >= 11 is 0. The molecule has 8 nitrogen and oxygen atoms in total. The molecule has 1 N–H and O–H groups in total. The molecule has 1 aliphatic rings. The third-order valence-electron chi connectivity index (χ3n) is 6.37. The van der Waals surface area contributed by atoms with Gasteiger partial charge in [-0.15, -0.1) is 5.10 Å². The minimum absolute atomic E-state index is 0.0122. The molecule has 1 aliphatic carbocycles. The van der Waals surface area contributed by atoms with Crippen molar-refractivity contribution in [2.45, 2.75) is 50.9 Å². The Hall–Kier alpha value is -3.94. The molecular formula is C26H27N5O3. The van der Waals surface area contributed by atoms with E-state index >= 15 is 0 Å². The number of aromatic nitrogens is 3. The molecule has 2 aromatic heterocycles. The van der Waals surface area contributed by atoms with Crippen LogP contribution in [0.1, 0.15) is 43.0 Å². The van der Waals surface area contributed by atoms with Crippen LogP contribution in [-0.4, -0.2) is 37.7 Å². The van der Waals surface area contributed by atoms with Crippen LogP contribution in [0, 0.1) is 0 Å². The van der Waals surface area contributed by atoms with E-state index in [1.165, 1.54) is 0 Å². The molecule has 2 heterocycles. The first-order valence-corrected chi connectivity index (χ1v) is 11.6. The van der Waals surface area contributed by atoms with Crippen molar-refractivity contribution >= 4 is 22.8 Å². The first-order chi connectivity index (χ1) is 16.7. The lowest BCUT2D eigenvalue weighted by atomic mass is 10.0. The Kier molecular flexibility index (Phi) is 6.38. The van der Waals surface area contributed by atoms with E-state index in [9.17, 15) is 9.59 Å². The summed E-state index contributed by atoms with van der Waals surface area (Å²) in [6, 6.07) is 19.9. The Labute approximate surface area is 197 Å². The summed E-state index contributed by atoms with van der Waals surface area (Å²) in [5.74, 6) is 0.281. The second kappa shape index (κ2) is 9.91. The summed E-state index contributed by atoms with van der Waals surface area (Å²) in [6.45, 7) is 0.279. The Morgan fingerprint density at radius 2 is 1.79 bits per heavy atom. The van der Waals surface area contributed by atoms with Crippen molar-refractivity contribution in [1.82, 2.24) is 25.2 Å². The van der Waals surface area contributed by atoms with Gasteiger partial charge in [-0.05, 0) is 42.7 Å².